The number of aromatic amines is 1. The van der Waals surface area contributed by atoms with Gasteiger partial charge in [-0.25, -0.2) is 4.98 Å². The number of allylic oxidation sites excluding steroid dienone is 1. The van der Waals surface area contributed by atoms with E-state index in [1.165, 1.54) is 0 Å². The minimum atomic E-state index is 0.451. The maximum absolute atomic E-state index is 9.58. The minimum absolute atomic E-state index is 0.451. The lowest BCUT2D eigenvalue weighted by Crippen LogP contribution is -1.98. The Hall–Kier alpha value is -3.26. The Bertz CT molecular complexity index is 933. The highest BCUT2D eigenvalue weighted by Gasteiger charge is 2.15. The molecule has 0 fully saturated rings. The number of fused-ring (bicyclic) bond motifs is 2. The lowest BCUT2D eigenvalue weighted by molar-refractivity contribution is 0.296. The molecule has 2 heterocycles. The van der Waals surface area contributed by atoms with Gasteiger partial charge in [0.1, 0.15) is 11.9 Å². The SMILES string of the molecule is N#C/C(=C/c1cccc2c1OCCCO2)c1nc2ccccc2[nH]1. The van der Waals surface area contributed by atoms with Crippen LogP contribution in [0.4, 0.5) is 0 Å². The molecule has 0 bridgehead atoms. The number of nitrogens with zero attached hydrogens (tertiary/aromatic N) is 2. The Kier molecular flexibility index (Phi) is 3.64. The molecular weight excluding hydrogens is 302 g/mol. The third-order valence-corrected chi connectivity index (χ3v) is 3.87. The molecule has 0 saturated heterocycles. The van der Waals surface area contributed by atoms with Crippen LogP contribution in [0.3, 0.4) is 0 Å². The molecule has 4 rings (SSSR count). The first kappa shape index (κ1) is 14.3. The van der Waals surface area contributed by atoms with Crippen LogP contribution in [0.1, 0.15) is 17.8 Å². The molecule has 3 aromatic rings. The fraction of sp³-hybridized carbons (Fsp3) is 0.158. The molecule has 118 valence electrons. The van der Waals surface area contributed by atoms with E-state index in [0.717, 1.165) is 23.0 Å². The van der Waals surface area contributed by atoms with Crippen LogP contribution in [0.5, 0.6) is 11.5 Å². The summed E-state index contributed by atoms with van der Waals surface area (Å²) < 4.78 is 11.5. The number of hydrogen-bond donors (Lipinski definition) is 1. The number of rotatable bonds is 2. The highest BCUT2D eigenvalue weighted by molar-refractivity contribution is 5.91. The van der Waals surface area contributed by atoms with Crippen LogP contribution in [-0.4, -0.2) is 23.2 Å². The van der Waals surface area contributed by atoms with E-state index in [2.05, 4.69) is 16.0 Å². The fourth-order valence-electron chi connectivity index (χ4n) is 2.72. The van der Waals surface area contributed by atoms with Gasteiger partial charge in [0.15, 0.2) is 11.5 Å². The summed E-state index contributed by atoms with van der Waals surface area (Å²) in [5, 5.41) is 9.58. The van der Waals surface area contributed by atoms with E-state index < -0.39 is 0 Å². The monoisotopic (exact) mass is 317 g/mol. The van der Waals surface area contributed by atoms with E-state index in [1.807, 2.05) is 42.5 Å². The molecule has 0 saturated carbocycles. The lowest BCUT2D eigenvalue weighted by atomic mass is 10.1. The van der Waals surface area contributed by atoms with Crippen LogP contribution in [0.25, 0.3) is 22.7 Å². The van der Waals surface area contributed by atoms with Crippen molar-refractivity contribution in [2.45, 2.75) is 6.42 Å². The van der Waals surface area contributed by atoms with Gasteiger partial charge in [-0.15, -0.1) is 0 Å². The summed E-state index contributed by atoms with van der Waals surface area (Å²) in [6.07, 6.45) is 2.62. The van der Waals surface area contributed by atoms with Gasteiger partial charge < -0.3 is 14.5 Å². The Balaban J connectivity index is 1.80. The second-order valence-corrected chi connectivity index (χ2v) is 5.50. The number of imidazole rings is 1. The van der Waals surface area contributed by atoms with Gasteiger partial charge in [-0.1, -0.05) is 24.3 Å². The van der Waals surface area contributed by atoms with Crippen LogP contribution in [0.15, 0.2) is 42.5 Å². The first-order valence-corrected chi connectivity index (χ1v) is 7.81. The van der Waals surface area contributed by atoms with Crippen molar-refractivity contribution < 1.29 is 9.47 Å². The standard InChI is InChI=1S/C19H15N3O2/c20-12-14(19-21-15-6-1-2-7-16(15)22-19)11-13-5-3-8-17-18(13)24-10-4-9-23-17/h1-3,5-8,11H,4,9-10H2,(H,21,22)/b14-11-. The van der Waals surface area contributed by atoms with Crippen molar-refractivity contribution in [2.24, 2.45) is 0 Å². The maximum atomic E-state index is 9.58. The average molecular weight is 317 g/mol. The molecule has 1 aliphatic heterocycles. The predicted molar refractivity (Wildman–Crippen MR) is 91.6 cm³/mol. The van der Waals surface area contributed by atoms with E-state index in [0.29, 0.717) is 36.1 Å². The molecule has 0 amide bonds. The number of H-pyrrole nitrogens is 1. The molecule has 0 atom stereocenters. The van der Waals surface area contributed by atoms with Crippen molar-refractivity contribution in [1.29, 1.82) is 5.26 Å². The number of aromatic nitrogens is 2. The first-order chi connectivity index (χ1) is 11.8. The van der Waals surface area contributed by atoms with Gasteiger partial charge in [0.05, 0.1) is 29.8 Å². The molecule has 0 spiro atoms. The van der Waals surface area contributed by atoms with Gasteiger partial charge in [-0.2, -0.15) is 5.26 Å². The lowest BCUT2D eigenvalue weighted by Gasteiger charge is -2.10. The number of nitriles is 1. The average Bonchev–Trinajstić information content (AvgIpc) is 2.89. The molecule has 0 unspecified atom stereocenters. The van der Waals surface area contributed by atoms with Crippen LogP contribution in [0.2, 0.25) is 0 Å². The molecule has 0 aliphatic carbocycles. The van der Waals surface area contributed by atoms with Crippen molar-refractivity contribution in [3.05, 3.63) is 53.9 Å². The number of benzene rings is 2. The maximum Gasteiger partial charge on any atom is 0.168 e. The van der Waals surface area contributed by atoms with Crippen LogP contribution >= 0.6 is 0 Å². The normalized spacial score (nSPS) is 14.2. The highest BCUT2D eigenvalue weighted by Crippen LogP contribution is 2.35. The summed E-state index contributed by atoms with van der Waals surface area (Å²) in [7, 11) is 0. The molecule has 5 heteroatoms. The molecule has 1 N–H and O–H groups in total. The summed E-state index contributed by atoms with van der Waals surface area (Å²) in [4.78, 5) is 7.68. The Morgan fingerprint density at radius 2 is 2.00 bits per heavy atom. The van der Waals surface area contributed by atoms with Gasteiger partial charge >= 0.3 is 0 Å². The topological polar surface area (TPSA) is 70.9 Å². The van der Waals surface area contributed by atoms with Gasteiger partial charge in [0.2, 0.25) is 0 Å². The van der Waals surface area contributed by atoms with Crippen molar-refractivity contribution >= 4 is 22.7 Å². The summed E-state index contributed by atoms with van der Waals surface area (Å²) >= 11 is 0. The van der Waals surface area contributed by atoms with Crippen LogP contribution in [0, 0.1) is 11.3 Å². The highest BCUT2D eigenvalue weighted by atomic mass is 16.5. The first-order valence-electron chi connectivity index (χ1n) is 7.81. The van der Waals surface area contributed by atoms with Crippen molar-refractivity contribution in [1.82, 2.24) is 9.97 Å². The van der Waals surface area contributed by atoms with E-state index in [4.69, 9.17) is 9.47 Å². The third kappa shape index (κ3) is 2.59. The predicted octanol–water partition coefficient (Wildman–Crippen LogP) is 3.79. The summed E-state index contributed by atoms with van der Waals surface area (Å²) in [5.74, 6) is 1.94. The van der Waals surface area contributed by atoms with E-state index in [-0.39, 0.29) is 0 Å². The zero-order valence-electron chi connectivity index (χ0n) is 13.0. The summed E-state index contributed by atoms with van der Waals surface area (Å²) in [5.41, 5.74) is 3.00. The van der Waals surface area contributed by atoms with Crippen LogP contribution < -0.4 is 9.47 Å². The van der Waals surface area contributed by atoms with Gasteiger partial charge in [0, 0.05) is 12.0 Å². The smallest absolute Gasteiger partial charge is 0.168 e. The van der Waals surface area contributed by atoms with E-state index >= 15 is 0 Å². The number of hydrogen-bond acceptors (Lipinski definition) is 4. The van der Waals surface area contributed by atoms with E-state index in [9.17, 15) is 5.26 Å². The molecule has 1 aliphatic rings. The van der Waals surface area contributed by atoms with Gasteiger partial charge in [0.25, 0.3) is 0 Å². The zero-order chi connectivity index (χ0) is 16.4. The Morgan fingerprint density at radius 1 is 1.12 bits per heavy atom. The molecule has 2 aromatic carbocycles. The zero-order valence-corrected chi connectivity index (χ0v) is 13.0. The molecule has 24 heavy (non-hydrogen) atoms. The van der Waals surface area contributed by atoms with Crippen molar-refractivity contribution in [3.8, 4) is 17.6 Å². The number of para-hydroxylation sites is 3. The molecule has 0 radical (unpaired) electrons. The quantitative estimate of drug-likeness (QED) is 0.730. The number of nitrogens with one attached hydrogen (secondary N) is 1. The summed E-state index contributed by atoms with van der Waals surface area (Å²) in [6.45, 7) is 1.24. The second kappa shape index (κ2) is 6.09. The molecule has 1 aromatic heterocycles. The van der Waals surface area contributed by atoms with Crippen LogP contribution in [-0.2, 0) is 0 Å². The molecular formula is C19H15N3O2. The van der Waals surface area contributed by atoms with E-state index in [1.54, 1.807) is 6.08 Å². The van der Waals surface area contributed by atoms with Crippen molar-refractivity contribution in [2.75, 3.05) is 13.2 Å². The largest absolute Gasteiger partial charge is 0.490 e. The Morgan fingerprint density at radius 3 is 2.88 bits per heavy atom. The number of ether oxygens (including phenoxy) is 2. The molecule has 5 nitrogen and oxygen atoms in total. The second-order valence-electron chi connectivity index (χ2n) is 5.50. The minimum Gasteiger partial charge on any atom is -0.490 e. The fourth-order valence-corrected chi connectivity index (χ4v) is 2.72. The van der Waals surface area contributed by atoms with Gasteiger partial charge in [-0.05, 0) is 24.3 Å². The summed E-state index contributed by atoms with van der Waals surface area (Å²) in [6, 6.07) is 15.6. The van der Waals surface area contributed by atoms with Crippen molar-refractivity contribution in [3.63, 3.8) is 0 Å². The van der Waals surface area contributed by atoms with Gasteiger partial charge in [-0.3, -0.25) is 0 Å². The Labute approximate surface area is 139 Å². The third-order valence-electron chi connectivity index (χ3n) is 3.87.